The van der Waals surface area contributed by atoms with Gasteiger partial charge in [-0.05, 0) is 19.3 Å². The fourth-order valence-electron chi connectivity index (χ4n) is 1.76. The molecule has 1 aliphatic heterocycles. The lowest BCUT2D eigenvalue weighted by molar-refractivity contribution is -0.151. The lowest BCUT2D eigenvalue weighted by Gasteiger charge is -2.30. The molecule has 3 heteroatoms. The molecule has 0 spiro atoms. The molecule has 0 aromatic rings. The second-order valence-electron chi connectivity index (χ2n) is 3.92. The number of likely N-dealkylation sites (tertiary alicyclic amines) is 1. The van der Waals surface area contributed by atoms with Crippen LogP contribution in [0.3, 0.4) is 0 Å². The zero-order valence-electron chi connectivity index (χ0n) is 9.37. The van der Waals surface area contributed by atoms with Gasteiger partial charge in [-0.15, -0.1) is 6.42 Å². The Labute approximate surface area is 91.8 Å². The molecule has 0 radical (unpaired) electrons. The van der Waals surface area contributed by atoms with Gasteiger partial charge in [0.1, 0.15) is 6.10 Å². The second kappa shape index (κ2) is 6.47. The first-order chi connectivity index (χ1) is 7.26. The van der Waals surface area contributed by atoms with Gasteiger partial charge in [0.2, 0.25) is 0 Å². The molecular weight excluding hydrogens is 190 g/mol. The highest BCUT2D eigenvalue weighted by atomic mass is 16.5. The summed E-state index contributed by atoms with van der Waals surface area (Å²) in [5.41, 5.74) is 0. The van der Waals surface area contributed by atoms with Crippen molar-refractivity contribution in [2.24, 2.45) is 0 Å². The quantitative estimate of drug-likeness (QED) is 0.518. The van der Waals surface area contributed by atoms with Crippen molar-refractivity contribution < 1.29 is 9.53 Å². The van der Waals surface area contributed by atoms with Crippen molar-refractivity contribution in [2.45, 2.75) is 38.7 Å². The van der Waals surface area contributed by atoms with E-state index in [4.69, 9.17) is 11.2 Å². The normalized spacial score (nSPS) is 18.4. The minimum absolute atomic E-state index is 0.0621. The van der Waals surface area contributed by atoms with Crippen molar-refractivity contribution >= 4 is 5.97 Å². The number of carbonyl (C=O) groups excluding carboxylic acids is 1. The molecule has 84 valence electrons. The van der Waals surface area contributed by atoms with E-state index in [1.165, 1.54) is 0 Å². The Balaban J connectivity index is 2.20. The summed E-state index contributed by atoms with van der Waals surface area (Å²) in [6.07, 6.45) is 8.56. The van der Waals surface area contributed by atoms with Gasteiger partial charge < -0.3 is 4.74 Å². The summed E-state index contributed by atoms with van der Waals surface area (Å²) in [6.45, 7) is 4.56. The summed E-state index contributed by atoms with van der Waals surface area (Å²) in [5.74, 6) is 2.57. The molecular formula is C12H19NO2. The van der Waals surface area contributed by atoms with E-state index in [2.05, 4.69) is 10.8 Å². The maximum atomic E-state index is 11.3. The molecule has 1 rings (SSSR count). The predicted octanol–water partition coefficient (Wildman–Crippen LogP) is 1.43. The summed E-state index contributed by atoms with van der Waals surface area (Å²) < 4.78 is 5.34. The molecule has 15 heavy (non-hydrogen) atoms. The number of hydrogen-bond donors (Lipinski definition) is 0. The minimum atomic E-state index is -0.0621. The van der Waals surface area contributed by atoms with E-state index in [0.29, 0.717) is 13.0 Å². The Hall–Kier alpha value is -1.01. The number of esters is 1. The largest absolute Gasteiger partial charge is 0.462 e. The monoisotopic (exact) mass is 209 g/mol. The minimum Gasteiger partial charge on any atom is -0.462 e. The predicted molar refractivity (Wildman–Crippen MR) is 59.3 cm³/mol. The van der Waals surface area contributed by atoms with Crippen LogP contribution in [0.1, 0.15) is 32.6 Å². The molecule has 0 N–H and O–H groups in total. The Morgan fingerprint density at radius 3 is 2.73 bits per heavy atom. The third-order valence-electron chi connectivity index (χ3n) is 2.60. The van der Waals surface area contributed by atoms with Crippen LogP contribution < -0.4 is 0 Å². The Bertz CT molecular complexity index is 236. The average molecular weight is 209 g/mol. The van der Waals surface area contributed by atoms with Crippen molar-refractivity contribution in [2.75, 3.05) is 19.6 Å². The standard InChI is InChI=1S/C12H19NO2/c1-3-5-12(14)15-11-6-9-13(8-4-2)10-7-11/h2,11H,3,5-10H2,1H3. The van der Waals surface area contributed by atoms with Crippen LogP contribution in [-0.4, -0.2) is 36.6 Å². The van der Waals surface area contributed by atoms with Crippen molar-refractivity contribution in [1.29, 1.82) is 0 Å². The number of ether oxygens (including phenoxy) is 1. The molecule has 0 saturated carbocycles. The average Bonchev–Trinajstić information content (AvgIpc) is 2.22. The SMILES string of the molecule is C#CCN1CCC(OC(=O)CCC)CC1. The molecule has 0 atom stereocenters. The molecule has 1 heterocycles. The Morgan fingerprint density at radius 2 is 2.20 bits per heavy atom. The van der Waals surface area contributed by atoms with E-state index in [1.807, 2.05) is 6.92 Å². The van der Waals surface area contributed by atoms with Crippen LogP contribution in [0.25, 0.3) is 0 Å². The van der Waals surface area contributed by atoms with E-state index in [0.717, 1.165) is 32.4 Å². The summed E-state index contributed by atoms with van der Waals surface area (Å²) >= 11 is 0. The number of piperidine rings is 1. The molecule has 1 fully saturated rings. The van der Waals surface area contributed by atoms with Gasteiger partial charge in [0.25, 0.3) is 0 Å². The van der Waals surface area contributed by atoms with Crippen molar-refractivity contribution in [3.63, 3.8) is 0 Å². The second-order valence-corrected chi connectivity index (χ2v) is 3.92. The van der Waals surface area contributed by atoms with Crippen LogP contribution in [0.2, 0.25) is 0 Å². The molecule has 0 aromatic carbocycles. The first kappa shape index (κ1) is 12.1. The summed E-state index contributed by atoms with van der Waals surface area (Å²) in [7, 11) is 0. The van der Waals surface area contributed by atoms with Gasteiger partial charge in [-0.25, -0.2) is 0 Å². The van der Waals surface area contributed by atoms with Crippen LogP contribution in [0.15, 0.2) is 0 Å². The summed E-state index contributed by atoms with van der Waals surface area (Å²) in [4.78, 5) is 13.5. The Morgan fingerprint density at radius 1 is 1.53 bits per heavy atom. The topological polar surface area (TPSA) is 29.5 Å². The van der Waals surface area contributed by atoms with E-state index < -0.39 is 0 Å². The van der Waals surface area contributed by atoms with E-state index in [1.54, 1.807) is 0 Å². The molecule has 0 amide bonds. The van der Waals surface area contributed by atoms with Crippen LogP contribution >= 0.6 is 0 Å². The van der Waals surface area contributed by atoms with E-state index >= 15 is 0 Å². The van der Waals surface area contributed by atoms with E-state index in [-0.39, 0.29) is 12.1 Å². The molecule has 0 aliphatic carbocycles. The zero-order chi connectivity index (χ0) is 11.1. The molecule has 0 unspecified atom stereocenters. The van der Waals surface area contributed by atoms with Crippen LogP contribution in [0.4, 0.5) is 0 Å². The molecule has 3 nitrogen and oxygen atoms in total. The van der Waals surface area contributed by atoms with E-state index in [9.17, 15) is 4.79 Å². The highest BCUT2D eigenvalue weighted by Gasteiger charge is 2.21. The van der Waals surface area contributed by atoms with Crippen LogP contribution in [0, 0.1) is 12.3 Å². The third-order valence-corrected chi connectivity index (χ3v) is 2.60. The number of rotatable bonds is 4. The van der Waals surface area contributed by atoms with Gasteiger partial charge in [0.05, 0.1) is 6.54 Å². The fourth-order valence-corrected chi connectivity index (χ4v) is 1.76. The first-order valence-electron chi connectivity index (χ1n) is 5.61. The fraction of sp³-hybridized carbons (Fsp3) is 0.750. The lowest BCUT2D eigenvalue weighted by atomic mass is 10.1. The molecule has 1 saturated heterocycles. The molecule has 1 aliphatic rings. The number of hydrogen-bond acceptors (Lipinski definition) is 3. The van der Waals surface area contributed by atoms with Crippen LogP contribution in [-0.2, 0) is 9.53 Å². The van der Waals surface area contributed by atoms with Gasteiger partial charge in [-0.1, -0.05) is 12.8 Å². The lowest BCUT2D eigenvalue weighted by Crippen LogP contribution is -2.37. The van der Waals surface area contributed by atoms with Gasteiger partial charge >= 0.3 is 5.97 Å². The van der Waals surface area contributed by atoms with Gasteiger partial charge in [0.15, 0.2) is 0 Å². The highest BCUT2D eigenvalue weighted by molar-refractivity contribution is 5.69. The zero-order valence-corrected chi connectivity index (χ0v) is 9.37. The number of nitrogens with zero attached hydrogens (tertiary/aromatic N) is 1. The Kier molecular flexibility index (Phi) is 5.20. The maximum Gasteiger partial charge on any atom is 0.306 e. The van der Waals surface area contributed by atoms with Gasteiger partial charge in [-0.2, -0.15) is 0 Å². The number of carbonyl (C=O) groups is 1. The molecule has 0 bridgehead atoms. The van der Waals surface area contributed by atoms with Crippen molar-refractivity contribution in [3.8, 4) is 12.3 Å². The number of terminal acetylenes is 1. The van der Waals surface area contributed by atoms with Gasteiger partial charge in [0, 0.05) is 19.5 Å². The maximum absolute atomic E-state index is 11.3. The first-order valence-corrected chi connectivity index (χ1v) is 5.61. The van der Waals surface area contributed by atoms with Gasteiger partial charge in [-0.3, -0.25) is 9.69 Å². The highest BCUT2D eigenvalue weighted by Crippen LogP contribution is 2.14. The molecule has 0 aromatic heterocycles. The third kappa shape index (κ3) is 4.35. The van der Waals surface area contributed by atoms with Crippen molar-refractivity contribution in [3.05, 3.63) is 0 Å². The summed E-state index contributed by atoms with van der Waals surface area (Å²) in [5, 5.41) is 0. The smallest absolute Gasteiger partial charge is 0.306 e. The summed E-state index contributed by atoms with van der Waals surface area (Å²) in [6, 6.07) is 0. The van der Waals surface area contributed by atoms with Crippen molar-refractivity contribution in [1.82, 2.24) is 4.90 Å². The van der Waals surface area contributed by atoms with Crippen LogP contribution in [0.5, 0.6) is 0 Å².